The largest absolute Gasteiger partial charge is 0.384 e. The molecule has 0 unspecified atom stereocenters. The lowest BCUT2D eigenvalue weighted by Crippen LogP contribution is -2.26. The third-order valence-corrected chi connectivity index (χ3v) is 2.92. The lowest BCUT2D eigenvalue weighted by molar-refractivity contribution is 0.0783. The maximum Gasteiger partial charge on any atom is 0.253 e. The number of benzene rings is 1. The van der Waals surface area contributed by atoms with E-state index in [1.165, 1.54) is 0 Å². The zero-order chi connectivity index (χ0) is 15.1. The van der Waals surface area contributed by atoms with Gasteiger partial charge in [-0.2, -0.15) is 0 Å². The number of rotatable bonds is 3. The van der Waals surface area contributed by atoms with Crippen molar-refractivity contribution in [2.75, 3.05) is 13.7 Å². The molecule has 4 heteroatoms. The predicted octanol–water partition coefficient (Wildman–Crippen LogP) is 1.70. The van der Waals surface area contributed by atoms with Gasteiger partial charge in [-0.1, -0.05) is 17.9 Å². The summed E-state index contributed by atoms with van der Waals surface area (Å²) in [6.45, 7) is 0.291. The Balaban J connectivity index is 2.05. The summed E-state index contributed by atoms with van der Waals surface area (Å²) in [5, 5.41) is 8.64. The van der Waals surface area contributed by atoms with Crippen LogP contribution in [0.1, 0.15) is 21.6 Å². The van der Waals surface area contributed by atoms with Crippen molar-refractivity contribution in [2.24, 2.45) is 0 Å². The van der Waals surface area contributed by atoms with Crippen molar-refractivity contribution < 1.29 is 9.90 Å². The van der Waals surface area contributed by atoms with E-state index in [-0.39, 0.29) is 12.5 Å². The number of hydrogen-bond acceptors (Lipinski definition) is 3. The average molecular weight is 280 g/mol. The molecule has 0 atom stereocenters. The van der Waals surface area contributed by atoms with Crippen molar-refractivity contribution >= 4 is 5.91 Å². The lowest BCUT2D eigenvalue weighted by atomic mass is 10.1. The third kappa shape index (κ3) is 4.16. The van der Waals surface area contributed by atoms with E-state index in [0.717, 1.165) is 11.3 Å². The van der Waals surface area contributed by atoms with Gasteiger partial charge in [0.05, 0.1) is 12.2 Å². The highest BCUT2D eigenvalue weighted by Gasteiger charge is 2.12. The van der Waals surface area contributed by atoms with E-state index in [9.17, 15) is 4.79 Å². The van der Waals surface area contributed by atoms with E-state index in [4.69, 9.17) is 5.11 Å². The van der Waals surface area contributed by atoms with Gasteiger partial charge in [0.15, 0.2) is 0 Å². The van der Waals surface area contributed by atoms with Crippen molar-refractivity contribution in [3.05, 3.63) is 65.5 Å². The maximum absolute atomic E-state index is 12.3. The summed E-state index contributed by atoms with van der Waals surface area (Å²) in [7, 11) is 1.75. The highest BCUT2D eigenvalue weighted by Crippen LogP contribution is 2.08. The first-order chi connectivity index (χ1) is 10.2. The van der Waals surface area contributed by atoms with E-state index >= 15 is 0 Å². The molecule has 1 aromatic carbocycles. The lowest BCUT2D eigenvalue weighted by Gasteiger charge is -2.16. The second kappa shape index (κ2) is 7.22. The van der Waals surface area contributed by atoms with E-state index < -0.39 is 0 Å². The number of hydrogen-bond donors (Lipinski definition) is 1. The molecule has 4 nitrogen and oxygen atoms in total. The van der Waals surface area contributed by atoms with E-state index in [1.807, 2.05) is 18.2 Å². The molecule has 0 radical (unpaired) electrons. The molecule has 0 spiro atoms. The molecule has 2 rings (SSSR count). The predicted molar refractivity (Wildman–Crippen MR) is 80.4 cm³/mol. The van der Waals surface area contributed by atoms with Gasteiger partial charge < -0.3 is 10.0 Å². The molecule has 2 aromatic rings. The second-order valence-corrected chi connectivity index (χ2v) is 4.52. The molecular formula is C17H16N2O2. The summed E-state index contributed by atoms with van der Waals surface area (Å²) in [6.07, 6.45) is 1.71. The molecular weight excluding hydrogens is 264 g/mol. The van der Waals surface area contributed by atoms with Gasteiger partial charge >= 0.3 is 0 Å². The third-order valence-electron chi connectivity index (χ3n) is 2.92. The maximum atomic E-state index is 12.3. The Morgan fingerprint density at radius 1 is 1.24 bits per heavy atom. The Morgan fingerprint density at radius 2 is 2.00 bits per heavy atom. The van der Waals surface area contributed by atoms with Crippen LogP contribution in [0, 0.1) is 11.8 Å². The number of aliphatic hydroxyl groups excluding tert-OH is 1. The van der Waals surface area contributed by atoms with Gasteiger partial charge in [0.1, 0.15) is 6.61 Å². The first kappa shape index (κ1) is 14.8. The van der Waals surface area contributed by atoms with Crippen molar-refractivity contribution in [2.45, 2.75) is 6.54 Å². The zero-order valence-electron chi connectivity index (χ0n) is 11.8. The van der Waals surface area contributed by atoms with Crippen LogP contribution in [0.25, 0.3) is 0 Å². The van der Waals surface area contributed by atoms with Gasteiger partial charge in [-0.25, -0.2) is 0 Å². The van der Waals surface area contributed by atoms with Crippen molar-refractivity contribution in [3.8, 4) is 11.8 Å². The van der Waals surface area contributed by atoms with Gasteiger partial charge in [-0.05, 0) is 36.4 Å². The Bertz CT molecular complexity index is 655. The van der Waals surface area contributed by atoms with Gasteiger partial charge in [0, 0.05) is 24.4 Å². The number of pyridine rings is 1. The summed E-state index contributed by atoms with van der Waals surface area (Å²) < 4.78 is 0. The van der Waals surface area contributed by atoms with E-state index in [1.54, 1.807) is 42.4 Å². The van der Waals surface area contributed by atoms with Crippen molar-refractivity contribution in [3.63, 3.8) is 0 Å². The molecule has 1 heterocycles. The molecule has 0 fully saturated rings. The molecule has 106 valence electrons. The van der Waals surface area contributed by atoms with Crippen LogP contribution in [-0.2, 0) is 6.54 Å². The van der Waals surface area contributed by atoms with Gasteiger partial charge in [0.2, 0.25) is 0 Å². The molecule has 0 saturated heterocycles. The van der Waals surface area contributed by atoms with Crippen LogP contribution >= 0.6 is 0 Å². The van der Waals surface area contributed by atoms with Crippen molar-refractivity contribution in [1.29, 1.82) is 0 Å². The summed E-state index contributed by atoms with van der Waals surface area (Å²) in [4.78, 5) is 18.1. The molecule has 1 aromatic heterocycles. The van der Waals surface area contributed by atoms with Crippen LogP contribution in [0.2, 0.25) is 0 Å². The number of carbonyl (C=O) groups is 1. The number of amides is 1. The van der Waals surface area contributed by atoms with Crippen molar-refractivity contribution in [1.82, 2.24) is 9.88 Å². The molecule has 0 saturated carbocycles. The Hall–Kier alpha value is -2.64. The minimum Gasteiger partial charge on any atom is -0.384 e. The van der Waals surface area contributed by atoms with E-state index in [2.05, 4.69) is 16.8 Å². The standard InChI is InChI=1S/C17H16N2O2/c1-19(13-16-6-2-3-11-18-16)17(21)15-9-7-14(8-10-15)5-4-12-20/h2-3,6-11,20H,12-13H2,1H3. The molecule has 21 heavy (non-hydrogen) atoms. The molecule has 0 aliphatic rings. The minimum atomic E-state index is -0.173. The van der Waals surface area contributed by atoms with Crippen LogP contribution < -0.4 is 0 Å². The molecule has 0 aliphatic carbocycles. The summed E-state index contributed by atoms with van der Waals surface area (Å²) in [5.41, 5.74) is 2.22. The van der Waals surface area contributed by atoms with Crippen LogP contribution in [0.4, 0.5) is 0 Å². The Labute approximate surface area is 124 Å². The SMILES string of the molecule is CN(Cc1ccccn1)C(=O)c1ccc(C#CCO)cc1. The van der Waals surface area contributed by atoms with Gasteiger partial charge in [0.25, 0.3) is 5.91 Å². The number of carbonyl (C=O) groups excluding carboxylic acids is 1. The molecule has 1 amide bonds. The fourth-order valence-electron chi connectivity index (χ4n) is 1.86. The first-order valence-corrected chi connectivity index (χ1v) is 6.56. The highest BCUT2D eigenvalue weighted by molar-refractivity contribution is 5.94. The Morgan fingerprint density at radius 3 is 2.62 bits per heavy atom. The van der Waals surface area contributed by atoms with E-state index in [0.29, 0.717) is 12.1 Å². The molecule has 1 N–H and O–H groups in total. The fraction of sp³-hybridized carbons (Fsp3) is 0.176. The quantitative estimate of drug-likeness (QED) is 0.871. The van der Waals surface area contributed by atoms with Gasteiger partial charge in [-0.15, -0.1) is 0 Å². The smallest absolute Gasteiger partial charge is 0.253 e. The highest BCUT2D eigenvalue weighted by atomic mass is 16.2. The van der Waals surface area contributed by atoms with Crippen LogP contribution in [0.5, 0.6) is 0 Å². The molecule has 0 bridgehead atoms. The van der Waals surface area contributed by atoms with Crippen LogP contribution in [-0.4, -0.2) is 34.6 Å². The molecule has 0 aliphatic heterocycles. The number of aliphatic hydroxyl groups is 1. The summed E-state index contributed by atoms with van der Waals surface area (Å²) >= 11 is 0. The number of nitrogens with zero attached hydrogens (tertiary/aromatic N) is 2. The monoisotopic (exact) mass is 280 g/mol. The topological polar surface area (TPSA) is 53.4 Å². The average Bonchev–Trinajstić information content (AvgIpc) is 2.53. The fourth-order valence-corrected chi connectivity index (χ4v) is 1.86. The van der Waals surface area contributed by atoms with Crippen LogP contribution in [0.15, 0.2) is 48.7 Å². The first-order valence-electron chi connectivity index (χ1n) is 6.56. The Kier molecular flexibility index (Phi) is 5.08. The van der Waals surface area contributed by atoms with Gasteiger partial charge in [-0.3, -0.25) is 9.78 Å². The second-order valence-electron chi connectivity index (χ2n) is 4.52. The minimum absolute atomic E-state index is 0.0673. The normalized spacial score (nSPS) is 9.62. The zero-order valence-corrected chi connectivity index (χ0v) is 11.8. The summed E-state index contributed by atoms with van der Waals surface area (Å²) in [5.74, 6) is 5.30. The summed E-state index contributed by atoms with van der Waals surface area (Å²) in [6, 6.07) is 12.6. The number of aromatic nitrogens is 1. The van der Waals surface area contributed by atoms with Crippen LogP contribution in [0.3, 0.4) is 0 Å².